The standard InChI is InChI=1S/C13H17N3O2S.2ClH/c1-8-10(11(17)16-13(2,3)7-14)15-12(19-8)9-5-4-6-18-9;;/h4-6H,7,14H2,1-3H3,(H,16,17);2*1H. The number of thiazole rings is 1. The largest absolute Gasteiger partial charge is 0.462 e. The summed E-state index contributed by atoms with van der Waals surface area (Å²) in [5, 5.41) is 3.58. The zero-order valence-electron chi connectivity index (χ0n) is 12.0. The van der Waals surface area contributed by atoms with Gasteiger partial charge in [0.2, 0.25) is 0 Å². The van der Waals surface area contributed by atoms with Gasteiger partial charge in [0.25, 0.3) is 5.91 Å². The van der Waals surface area contributed by atoms with Crippen LogP contribution in [0.25, 0.3) is 10.8 Å². The number of furan rings is 1. The molecule has 0 aromatic carbocycles. The zero-order valence-corrected chi connectivity index (χ0v) is 14.5. The Labute approximate surface area is 140 Å². The fraction of sp³-hybridized carbons (Fsp3) is 0.385. The maximum absolute atomic E-state index is 12.2. The van der Waals surface area contributed by atoms with Crippen LogP contribution in [0.15, 0.2) is 22.8 Å². The minimum absolute atomic E-state index is 0. The highest BCUT2D eigenvalue weighted by Crippen LogP contribution is 2.28. The molecule has 118 valence electrons. The molecule has 0 aliphatic heterocycles. The molecule has 0 bridgehead atoms. The van der Waals surface area contributed by atoms with Gasteiger partial charge < -0.3 is 15.5 Å². The molecule has 0 fully saturated rings. The maximum Gasteiger partial charge on any atom is 0.271 e. The molecule has 0 radical (unpaired) electrons. The number of hydrogen-bond acceptors (Lipinski definition) is 5. The zero-order chi connectivity index (χ0) is 14.0. The molecule has 0 atom stereocenters. The van der Waals surface area contributed by atoms with Crippen molar-refractivity contribution in [3.05, 3.63) is 29.0 Å². The molecule has 2 rings (SSSR count). The van der Waals surface area contributed by atoms with E-state index in [0.29, 0.717) is 23.0 Å². The van der Waals surface area contributed by atoms with E-state index in [4.69, 9.17) is 10.2 Å². The lowest BCUT2D eigenvalue weighted by molar-refractivity contribution is 0.0911. The van der Waals surface area contributed by atoms with Crippen LogP contribution in [0.4, 0.5) is 0 Å². The van der Waals surface area contributed by atoms with E-state index in [1.54, 1.807) is 12.3 Å². The van der Waals surface area contributed by atoms with Crippen molar-refractivity contribution in [2.45, 2.75) is 26.3 Å². The summed E-state index contributed by atoms with van der Waals surface area (Å²) in [4.78, 5) is 17.4. The van der Waals surface area contributed by atoms with Crippen LogP contribution in [0.1, 0.15) is 29.2 Å². The predicted molar refractivity (Wildman–Crippen MR) is 89.6 cm³/mol. The van der Waals surface area contributed by atoms with E-state index in [9.17, 15) is 4.79 Å². The molecule has 1 amide bonds. The molecule has 8 heteroatoms. The van der Waals surface area contributed by atoms with Crippen LogP contribution in [-0.2, 0) is 0 Å². The molecule has 21 heavy (non-hydrogen) atoms. The summed E-state index contributed by atoms with van der Waals surface area (Å²) >= 11 is 1.44. The van der Waals surface area contributed by atoms with Crippen molar-refractivity contribution in [1.29, 1.82) is 0 Å². The predicted octanol–water partition coefficient (Wildman–Crippen LogP) is 3.02. The summed E-state index contributed by atoms with van der Waals surface area (Å²) in [6.07, 6.45) is 1.59. The summed E-state index contributed by atoms with van der Waals surface area (Å²) in [7, 11) is 0. The number of nitrogens with one attached hydrogen (secondary N) is 1. The first-order chi connectivity index (χ1) is 8.93. The second kappa shape index (κ2) is 7.79. The van der Waals surface area contributed by atoms with Crippen molar-refractivity contribution in [1.82, 2.24) is 10.3 Å². The van der Waals surface area contributed by atoms with Gasteiger partial charge in [-0.3, -0.25) is 4.79 Å². The van der Waals surface area contributed by atoms with Gasteiger partial charge in [0.15, 0.2) is 10.8 Å². The van der Waals surface area contributed by atoms with Crippen LogP contribution in [0.3, 0.4) is 0 Å². The second-order valence-corrected chi connectivity index (χ2v) is 6.15. The minimum Gasteiger partial charge on any atom is -0.462 e. The molecule has 0 saturated heterocycles. The second-order valence-electron chi connectivity index (χ2n) is 4.94. The molecule has 5 nitrogen and oxygen atoms in total. The van der Waals surface area contributed by atoms with E-state index in [1.807, 2.05) is 26.8 Å². The number of carbonyl (C=O) groups excluding carboxylic acids is 1. The first kappa shape index (κ1) is 19.9. The topological polar surface area (TPSA) is 81.2 Å². The fourth-order valence-electron chi connectivity index (χ4n) is 1.53. The van der Waals surface area contributed by atoms with Crippen LogP contribution < -0.4 is 11.1 Å². The highest BCUT2D eigenvalue weighted by atomic mass is 35.5. The van der Waals surface area contributed by atoms with Gasteiger partial charge >= 0.3 is 0 Å². The lowest BCUT2D eigenvalue weighted by atomic mass is 10.1. The summed E-state index contributed by atoms with van der Waals surface area (Å²) < 4.78 is 5.29. The van der Waals surface area contributed by atoms with E-state index in [1.165, 1.54) is 11.3 Å². The van der Waals surface area contributed by atoms with Gasteiger partial charge in [0.05, 0.1) is 6.26 Å². The van der Waals surface area contributed by atoms with Crippen molar-refractivity contribution in [3.8, 4) is 10.8 Å². The highest BCUT2D eigenvalue weighted by Gasteiger charge is 2.23. The molecular weight excluding hydrogens is 333 g/mol. The average molecular weight is 352 g/mol. The Hall–Kier alpha value is -1.08. The number of rotatable bonds is 4. The molecular formula is C13H19Cl2N3O2S. The minimum atomic E-state index is -0.446. The first-order valence-electron chi connectivity index (χ1n) is 5.97. The number of carbonyl (C=O) groups is 1. The Morgan fingerprint density at radius 3 is 2.67 bits per heavy atom. The van der Waals surface area contributed by atoms with Crippen LogP contribution in [0, 0.1) is 6.92 Å². The number of hydrogen-bond donors (Lipinski definition) is 2. The molecule has 2 aromatic heterocycles. The summed E-state index contributed by atoms with van der Waals surface area (Å²) in [5.41, 5.74) is 5.59. The third-order valence-electron chi connectivity index (χ3n) is 2.71. The monoisotopic (exact) mass is 351 g/mol. The number of amides is 1. The van der Waals surface area contributed by atoms with Crippen molar-refractivity contribution in [2.24, 2.45) is 5.73 Å². The molecule has 0 aliphatic carbocycles. The lowest BCUT2D eigenvalue weighted by Gasteiger charge is -2.23. The Bertz CT molecular complexity index is 582. The first-order valence-corrected chi connectivity index (χ1v) is 6.78. The SMILES string of the molecule is Cc1sc(-c2ccco2)nc1C(=O)NC(C)(C)CN.Cl.Cl. The van der Waals surface area contributed by atoms with Crippen molar-refractivity contribution < 1.29 is 9.21 Å². The number of aromatic nitrogens is 1. The summed E-state index contributed by atoms with van der Waals surface area (Å²) in [6.45, 7) is 5.99. The number of aryl methyl sites for hydroxylation is 1. The van der Waals surface area contributed by atoms with Gasteiger partial charge in [-0.25, -0.2) is 4.98 Å². The van der Waals surface area contributed by atoms with Gasteiger partial charge in [0, 0.05) is 17.0 Å². The van der Waals surface area contributed by atoms with E-state index in [2.05, 4.69) is 10.3 Å². The third-order valence-corrected chi connectivity index (χ3v) is 3.69. The quantitative estimate of drug-likeness (QED) is 0.886. The van der Waals surface area contributed by atoms with E-state index >= 15 is 0 Å². The highest BCUT2D eigenvalue weighted by molar-refractivity contribution is 7.15. The van der Waals surface area contributed by atoms with Crippen molar-refractivity contribution in [3.63, 3.8) is 0 Å². The van der Waals surface area contributed by atoms with Gasteiger partial charge in [-0.15, -0.1) is 36.2 Å². The van der Waals surface area contributed by atoms with Crippen LogP contribution in [0.2, 0.25) is 0 Å². The smallest absolute Gasteiger partial charge is 0.271 e. The van der Waals surface area contributed by atoms with Gasteiger partial charge in [-0.2, -0.15) is 0 Å². The molecule has 0 unspecified atom stereocenters. The van der Waals surface area contributed by atoms with Crippen LogP contribution >= 0.6 is 36.2 Å². The maximum atomic E-state index is 12.2. The van der Waals surface area contributed by atoms with Gasteiger partial charge in [-0.05, 0) is 32.9 Å². The Kier molecular flexibility index (Phi) is 7.39. The van der Waals surface area contributed by atoms with Crippen molar-refractivity contribution >= 4 is 42.1 Å². The molecule has 2 aromatic rings. The fourth-order valence-corrected chi connectivity index (χ4v) is 2.41. The van der Waals surface area contributed by atoms with Gasteiger partial charge in [-0.1, -0.05) is 0 Å². The Morgan fingerprint density at radius 2 is 2.14 bits per heavy atom. The molecule has 3 N–H and O–H groups in total. The molecule has 0 spiro atoms. The summed E-state index contributed by atoms with van der Waals surface area (Å²) in [6, 6.07) is 3.62. The number of nitrogens with two attached hydrogens (primary N) is 1. The molecule has 0 saturated carbocycles. The molecule has 0 aliphatic rings. The van der Waals surface area contributed by atoms with Crippen molar-refractivity contribution in [2.75, 3.05) is 6.54 Å². The average Bonchev–Trinajstić information content (AvgIpc) is 2.96. The van der Waals surface area contributed by atoms with E-state index < -0.39 is 5.54 Å². The third kappa shape index (κ3) is 4.71. The van der Waals surface area contributed by atoms with Crippen LogP contribution in [0.5, 0.6) is 0 Å². The Balaban J connectivity index is 0.00000200. The number of halogens is 2. The lowest BCUT2D eigenvalue weighted by Crippen LogP contribution is -2.49. The summed E-state index contributed by atoms with van der Waals surface area (Å²) in [5.74, 6) is 0.465. The van der Waals surface area contributed by atoms with E-state index in [-0.39, 0.29) is 30.7 Å². The van der Waals surface area contributed by atoms with Gasteiger partial charge in [0.1, 0.15) is 5.69 Å². The normalized spacial score (nSPS) is 10.5. The molecule has 2 heterocycles. The van der Waals surface area contributed by atoms with E-state index in [0.717, 1.165) is 4.88 Å². The Morgan fingerprint density at radius 1 is 1.48 bits per heavy atom. The number of nitrogens with zero attached hydrogens (tertiary/aromatic N) is 1. The van der Waals surface area contributed by atoms with Crippen LogP contribution in [-0.4, -0.2) is 23.0 Å².